The molecule has 1 fully saturated rings. The Balaban J connectivity index is 1.39. The molecule has 0 atom stereocenters. The maximum absolute atomic E-state index is 13.8. The summed E-state index contributed by atoms with van der Waals surface area (Å²) >= 11 is 0. The van der Waals surface area contributed by atoms with Crippen molar-refractivity contribution >= 4 is 34.7 Å². The van der Waals surface area contributed by atoms with Gasteiger partial charge >= 0.3 is 6.18 Å². The number of rotatable bonds is 6. The second kappa shape index (κ2) is 9.79. The summed E-state index contributed by atoms with van der Waals surface area (Å²) < 4.78 is 41.4. The molecule has 1 amide bonds. The summed E-state index contributed by atoms with van der Waals surface area (Å²) in [5.41, 5.74) is 3.12. The van der Waals surface area contributed by atoms with Gasteiger partial charge in [0.05, 0.1) is 5.41 Å². The standard InChI is InChI=1S/C27H30F3N7O/c1-16-13-18(37-11-9-31-10-12-37)7-8-20(16)35-25-33-15-19(27(28,29)30)23(36-25)32-14-17-5-4-6-21-22(17)26(2,3)24(38)34-21/h4-8,13,15,31H,9-12,14H2,1-3H3,(H,34,38)(H2,32,33,35,36). The number of aromatic nitrogens is 2. The molecule has 38 heavy (non-hydrogen) atoms. The number of piperazine rings is 1. The summed E-state index contributed by atoms with van der Waals surface area (Å²) in [7, 11) is 0. The maximum atomic E-state index is 13.8. The van der Waals surface area contributed by atoms with E-state index in [1.54, 1.807) is 32.0 Å². The molecular formula is C27H30F3N7O. The Morgan fingerprint density at radius 1 is 1.13 bits per heavy atom. The number of alkyl halides is 3. The number of nitrogens with zero attached hydrogens (tertiary/aromatic N) is 3. The molecule has 3 aromatic rings. The van der Waals surface area contributed by atoms with Gasteiger partial charge in [0, 0.05) is 56.0 Å². The van der Waals surface area contributed by atoms with E-state index in [1.807, 2.05) is 25.1 Å². The monoisotopic (exact) mass is 525 g/mol. The fraction of sp³-hybridized carbons (Fsp3) is 0.370. The zero-order valence-electron chi connectivity index (χ0n) is 21.5. The molecule has 2 aromatic carbocycles. The third kappa shape index (κ3) is 4.98. The van der Waals surface area contributed by atoms with Gasteiger partial charge in [-0.25, -0.2) is 4.98 Å². The predicted molar refractivity (Wildman–Crippen MR) is 142 cm³/mol. The lowest BCUT2D eigenvalue weighted by atomic mass is 9.83. The molecule has 2 aliphatic rings. The highest BCUT2D eigenvalue weighted by atomic mass is 19.4. The summed E-state index contributed by atoms with van der Waals surface area (Å²) in [6, 6.07) is 11.3. The summed E-state index contributed by atoms with van der Waals surface area (Å²) in [6.07, 6.45) is -3.86. The molecule has 0 saturated carbocycles. The zero-order chi connectivity index (χ0) is 27.1. The average Bonchev–Trinajstić information content (AvgIpc) is 3.12. The van der Waals surface area contributed by atoms with Crippen LogP contribution < -0.4 is 26.2 Å². The molecule has 0 spiro atoms. The van der Waals surface area contributed by atoms with Crippen LogP contribution in [-0.4, -0.2) is 42.1 Å². The van der Waals surface area contributed by atoms with Crippen LogP contribution in [0.15, 0.2) is 42.6 Å². The molecule has 8 nitrogen and oxygen atoms in total. The highest BCUT2D eigenvalue weighted by Crippen LogP contribution is 2.40. The van der Waals surface area contributed by atoms with Gasteiger partial charge in [0.1, 0.15) is 11.4 Å². The van der Waals surface area contributed by atoms with E-state index in [0.717, 1.165) is 49.2 Å². The number of hydrogen-bond donors (Lipinski definition) is 4. The number of carbonyl (C=O) groups excluding carboxylic acids is 1. The fourth-order valence-corrected chi connectivity index (χ4v) is 4.97. The molecule has 200 valence electrons. The molecule has 1 saturated heterocycles. The smallest absolute Gasteiger partial charge is 0.369 e. The normalized spacial score (nSPS) is 16.7. The fourth-order valence-electron chi connectivity index (χ4n) is 4.97. The molecule has 3 heterocycles. The Morgan fingerprint density at radius 3 is 2.61 bits per heavy atom. The van der Waals surface area contributed by atoms with Crippen LogP contribution in [-0.2, 0) is 22.9 Å². The van der Waals surface area contributed by atoms with Crippen molar-refractivity contribution in [3.8, 4) is 0 Å². The van der Waals surface area contributed by atoms with Crippen LogP contribution >= 0.6 is 0 Å². The molecule has 0 bridgehead atoms. The first-order valence-electron chi connectivity index (χ1n) is 12.5. The Labute approximate surface area is 219 Å². The highest BCUT2D eigenvalue weighted by Gasteiger charge is 2.40. The van der Waals surface area contributed by atoms with E-state index in [2.05, 4.69) is 36.1 Å². The van der Waals surface area contributed by atoms with Crippen LogP contribution in [0, 0.1) is 6.92 Å². The second-order valence-electron chi connectivity index (χ2n) is 10.1. The van der Waals surface area contributed by atoms with Crippen LogP contribution in [0.2, 0.25) is 0 Å². The van der Waals surface area contributed by atoms with E-state index < -0.39 is 17.2 Å². The molecule has 1 aromatic heterocycles. The number of anilines is 5. The summed E-state index contributed by atoms with van der Waals surface area (Å²) in [5.74, 6) is -0.436. The average molecular weight is 526 g/mol. The first-order valence-corrected chi connectivity index (χ1v) is 12.5. The number of amides is 1. The molecular weight excluding hydrogens is 495 g/mol. The Bertz CT molecular complexity index is 1370. The number of benzene rings is 2. The third-order valence-electron chi connectivity index (χ3n) is 7.07. The molecule has 0 aliphatic carbocycles. The lowest BCUT2D eigenvalue weighted by molar-refractivity contribution is -0.137. The lowest BCUT2D eigenvalue weighted by Gasteiger charge is -2.30. The van der Waals surface area contributed by atoms with Crippen LogP contribution in [0.1, 0.15) is 36.1 Å². The quantitative estimate of drug-likeness (QED) is 0.367. The van der Waals surface area contributed by atoms with E-state index in [9.17, 15) is 18.0 Å². The van der Waals surface area contributed by atoms with Crippen molar-refractivity contribution in [1.82, 2.24) is 15.3 Å². The van der Waals surface area contributed by atoms with Crippen LogP contribution in [0.25, 0.3) is 0 Å². The van der Waals surface area contributed by atoms with Crippen molar-refractivity contribution in [3.63, 3.8) is 0 Å². The van der Waals surface area contributed by atoms with Crippen LogP contribution in [0.4, 0.5) is 42.0 Å². The van der Waals surface area contributed by atoms with Gasteiger partial charge in [-0.3, -0.25) is 4.79 Å². The summed E-state index contributed by atoms with van der Waals surface area (Å²) in [6.45, 7) is 9.24. The Morgan fingerprint density at radius 2 is 1.89 bits per heavy atom. The largest absolute Gasteiger partial charge is 0.421 e. The molecule has 2 aliphatic heterocycles. The minimum absolute atomic E-state index is 0.0500. The molecule has 5 rings (SSSR count). The predicted octanol–water partition coefficient (Wildman–Crippen LogP) is 4.80. The van der Waals surface area contributed by atoms with Crippen molar-refractivity contribution in [2.45, 2.75) is 38.9 Å². The first-order chi connectivity index (χ1) is 18.0. The minimum Gasteiger partial charge on any atom is -0.369 e. The number of nitrogens with one attached hydrogen (secondary N) is 4. The maximum Gasteiger partial charge on any atom is 0.421 e. The molecule has 0 radical (unpaired) electrons. The van der Waals surface area contributed by atoms with Gasteiger partial charge in [0.25, 0.3) is 0 Å². The number of hydrogen-bond acceptors (Lipinski definition) is 7. The number of carbonyl (C=O) groups is 1. The van der Waals surface area contributed by atoms with E-state index in [1.165, 1.54) is 0 Å². The van der Waals surface area contributed by atoms with E-state index in [4.69, 9.17) is 0 Å². The van der Waals surface area contributed by atoms with Gasteiger partial charge < -0.3 is 26.2 Å². The van der Waals surface area contributed by atoms with Gasteiger partial charge in [-0.2, -0.15) is 18.2 Å². The Hall–Kier alpha value is -3.86. The van der Waals surface area contributed by atoms with Crippen molar-refractivity contribution in [3.05, 3.63) is 64.8 Å². The van der Waals surface area contributed by atoms with Gasteiger partial charge in [-0.05, 0) is 61.7 Å². The molecule has 0 unspecified atom stereocenters. The number of aryl methyl sites for hydroxylation is 1. The van der Waals surface area contributed by atoms with E-state index in [0.29, 0.717) is 16.9 Å². The molecule has 11 heteroatoms. The van der Waals surface area contributed by atoms with Crippen LogP contribution in [0.5, 0.6) is 0 Å². The molecule has 4 N–H and O–H groups in total. The van der Waals surface area contributed by atoms with Gasteiger partial charge in [0.15, 0.2) is 0 Å². The van der Waals surface area contributed by atoms with Crippen molar-refractivity contribution < 1.29 is 18.0 Å². The van der Waals surface area contributed by atoms with Crippen molar-refractivity contribution in [2.75, 3.05) is 47.0 Å². The van der Waals surface area contributed by atoms with Gasteiger partial charge in [0.2, 0.25) is 11.9 Å². The minimum atomic E-state index is -4.64. The summed E-state index contributed by atoms with van der Waals surface area (Å²) in [5, 5.41) is 12.1. The van der Waals surface area contributed by atoms with E-state index >= 15 is 0 Å². The Kier molecular flexibility index (Phi) is 6.64. The zero-order valence-corrected chi connectivity index (χ0v) is 21.5. The van der Waals surface area contributed by atoms with Crippen molar-refractivity contribution in [1.29, 1.82) is 0 Å². The van der Waals surface area contributed by atoms with Crippen LogP contribution in [0.3, 0.4) is 0 Å². The van der Waals surface area contributed by atoms with Crippen molar-refractivity contribution in [2.24, 2.45) is 0 Å². The summed E-state index contributed by atoms with van der Waals surface area (Å²) in [4.78, 5) is 22.8. The highest BCUT2D eigenvalue weighted by molar-refractivity contribution is 6.06. The second-order valence-corrected chi connectivity index (χ2v) is 10.1. The SMILES string of the molecule is Cc1cc(N2CCNCC2)ccc1Nc1ncc(C(F)(F)F)c(NCc2cccc3c2C(C)(C)C(=O)N3)n1. The van der Waals surface area contributed by atoms with E-state index in [-0.39, 0.29) is 24.2 Å². The lowest BCUT2D eigenvalue weighted by Crippen LogP contribution is -2.43. The topological polar surface area (TPSA) is 94.2 Å². The number of halogens is 3. The van der Waals surface area contributed by atoms with Gasteiger partial charge in [-0.15, -0.1) is 0 Å². The first kappa shape index (κ1) is 25.8. The third-order valence-corrected chi connectivity index (χ3v) is 7.07. The van der Waals surface area contributed by atoms with Gasteiger partial charge in [-0.1, -0.05) is 12.1 Å². The number of fused-ring (bicyclic) bond motifs is 1.